The van der Waals surface area contributed by atoms with Gasteiger partial charge in [-0.05, 0) is 19.4 Å². The molecule has 1 heterocycles. The Morgan fingerprint density at radius 1 is 1.44 bits per heavy atom. The summed E-state index contributed by atoms with van der Waals surface area (Å²) in [6.07, 6.45) is 3.39. The smallest absolute Gasteiger partial charge is 0.237 e. The molecule has 4 nitrogen and oxygen atoms in total. The second-order valence-electron chi connectivity index (χ2n) is 4.77. The molecule has 0 aromatic carbocycles. The van der Waals surface area contributed by atoms with Crippen LogP contribution < -0.4 is 10.6 Å². The highest BCUT2D eigenvalue weighted by molar-refractivity contribution is 5.81. The van der Waals surface area contributed by atoms with E-state index < -0.39 is 0 Å². The third-order valence-electron chi connectivity index (χ3n) is 3.11. The van der Waals surface area contributed by atoms with Crippen molar-refractivity contribution in [3.8, 4) is 0 Å². The number of carbonyl (C=O) groups excluding carboxylic acids is 1. The Morgan fingerprint density at radius 3 is 2.81 bits per heavy atom. The summed E-state index contributed by atoms with van der Waals surface area (Å²) in [4.78, 5) is 14.0. The van der Waals surface area contributed by atoms with Crippen LogP contribution >= 0.6 is 0 Å². The van der Waals surface area contributed by atoms with Gasteiger partial charge in [-0.1, -0.05) is 20.3 Å². The molecule has 1 amide bonds. The van der Waals surface area contributed by atoms with Crippen LogP contribution in [0.5, 0.6) is 0 Å². The van der Waals surface area contributed by atoms with E-state index in [1.54, 1.807) is 7.05 Å². The zero-order valence-corrected chi connectivity index (χ0v) is 10.8. The fourth-order valence-corrected chi connectivity index (χ4v) is 2.22. The number of rotatable bonds is 5. The average Bonchev–Trinajstić information content (AvgIpc) is 2.28. The topological polar surface area (TPSA) is 44.4 Å². The van der Waals surface area contributed by atoms with Gasteiger partial charge in [-0.25, -0.2) is 0 Å². The van der Waals surface area contributed by atoms with Gasteiger partial charge in [0.1, 0.15) is 0 Å². The van der Waals surface area contributed by atoms with Crippen LogP contribution in [-0.4, -0.2) is 49.6 Å². The summed E-state index contributed by atoms with van der Waals surface area (Å²) >= 11 is 0. The predicted molar refractivity (Wildman–Crippen MR) is 66.4 cm³/mol. The number of likely N-dealkylation sites (N-methyl/N-ethyl adjacent to an activating group) is 1. The van der Waals surface area contributed by atoms with E-state index >= 15 is 0 Å². The lowest BCUT2D eigenvalue weighted by atomic mass is 10.0. The third kappa shape index (κ3) is 4.10. The largest absolute Gasteiger partial charge is 0.358 e. The molecule has 0 aromatic rings. The van der Waals surface area contributed by atoms with Gasteiger partial charge in [0.25, 0.3) is 0 Å². The Morgan fingerprint density at radius 2 is 2.19 bits per heavy atom. The Balaban J connectivity index is 2.38. The SMILES string of the molecule is CNC(=O)C1CCCCN1CCNC(C)C. The fraction of sp³-hybridized carbons (Fsp3) is 0.917. The molecule has 0 aliphatic carbocycles. The fourth-order valence-electron chi connectivity index (χ4n) is 2.22. The van der Waals surface area contributed by atoms with Crippen LogP contribution in [0.3, 0.4) is 0 Å². The maximum absolute atomic E-state index is 11.7. The lowest BCUT2D eigenvalue weighted by molar-refractivity contribution is -0.127. The van der Waals surface area contributed by atoms with E-state index in [2.05, 4.69) is 29.4 Å². The van der Waals surface area contributed by atoms with Gasteiger partial charge in [0.2, 0.25) is 5.91 Å². The van der Waals surface area contributed by atoms with Gasteiger partial charge in [0.05, 0.1) is 6.04 Å². The Bertz CT molecular complexity index is 218. The number of likely N-dealkylation sites (tertiary alicyclic amines) is 1. The second-order valence-corrected chi connectivity index (χ2v) is 4.77. The van der Waals surface area contributed by atoms with Gasteiger partial charge in [0.15, 0.2) is 0 Å². The van der Waals surface area contributed by atoms with Crippen molar-refractivity contribution in [2.75, 3.05) is 26.7 Å². The normalized spacial score (nSPS) is 22.4. The highest BCUT2D eigenvalue weighted by atomic mass is 16.2. The first-order valence-corrected chi connectivity index (χ1v) is 6.34. The minimum absolute atomic E-state index is 0.0905. The van der Waals surface area contributed by atoms with Crippen LogP contribution in [-0.2, 0) is 4.79 Å². The zero-order valence-electron chi connectivity index (χ0n) is 10.8. The lowest BCUT2D eigenvalue weighted by Crippen LogP contribution is -2.50. The predicted octanol–water partition coefficient (Wildman–Crippen LogP) is 0.585. The molecule has 0 spiro atoms. The van der Waals surface area contributed by atoms with E-state index in [0.717, 1.165) is 26.1 Å². The molecule has 0 saturated carbocycles. The van der Waals surface area contributed by atoms with Crippen molar-refractivity contribution < 1.29 is 4.79 Å². The molecule has 1 saturated heterocycles. The molecule has 1 aliphatic heterocycles. The average molecular weight is 227 g/mol. The van der Waals surface area contributed by atoms with Crippen LogP contribution in [0.25, 0.3) is 0 Å². The van der Waals surface area contributed by atoms with Crippen molar-refractivity contribution in [1.82, 2.24) is 15.5 Å². The van der Waals surface area contributed by atoms with Crippen molar-refractivity contribution in [1.29, 1.82) is 0 Å². The number of piperidine rings is 1. The summed E-state index contributed by atoms with van der Waals surface area (Å²) in [5.41, 5.74) is 0. The van der Waals surface area contributed by atoms with Gasteiger partial charge in [-0.15, -0.1) is 0 Å². The van der Waals surface area contributed by atoms with E-state index in [1.165, 1.54) is 12.8 Å². The maximum atomic E-state index is 11.7. The molecular formula is C12H25N3O. The highest BCUT2D eigenvalue weighted by Gasteiger charge is 2.27. The van der Waals surface area contributed by atoms with Crippen molar-refractivity contribution >= 4 is 5.91 Å². The number of carbonyl (C=O) groups is 1. The number of hydrogen-bond donors (Lipinski definition) is 2. The molecule has 0 radical (unpaired) electrons. The van der Waals surface area contributed by atoms with Crippen molar-refractivity contribution in [2.45, 2.75) is 45.2 Å². The standard InChI is InChI=1S/C12H25N3O/c1-10(2)14-7-9-15-8-5-4-6-11(15)12(16)13-3/h10-11,14H,4-9H2,1-3H3,(H,13,16). The van der Waals surface area contributed by atoms with E-state index in [1.807, 2.05) is 0 Å². The van der Waals surface area contributed by atoms with Crippen LogP contribution in [0.2, 0.25) is 0 Å². The third-order valence-corrected chi connectivity index (χ3v) is 3.11. The van der Waals surface area contributed by atoms with Gasteiger partial charge < -0.3 is 10.6 Å². The first kappa shape index (κ1) is 13.5. The summed E-state index contributed by atoms with van der Waals surface area (Å²) < 4.78 is 0. The quantitative estimate of drug-likeness (QED) is 0.722. The van der Waals surface area contributed by atoms with E-state index in [4.69, 9.17) is 0 Å². The summed E-state index contributed by atoms with van der Waals surface area (Å²) in [5, 5.41) is 6.16. The van der Waals surface area contributed by atoms with Crippen LogP contribution in [0.15, 0.2) is 0 Å². The Labute approximate surface area is 98.8 Å². The summed E-state index contributed by atoms with van der Waals surface area (Å²) in [6, 6.07) is 0.607. The minimum Gasteiger partial charge on any atom is -0.358 e. The molecule has 1 fully saturated rings. The molecule has 4 heteroatoms. The Kier molecular flexibility index (Phi) is 5.77. The lowest BCUT2D eigenvalue weighted by Gasteiger charge is -2.34. The van der Waals surface area contributed by atoms with Crippen molar-refractivity contribution in [3.63, 3.8) is 0 Å². The molecule has 2 N–H and O–H groups in total. The second kappa shape index (κ2) is 6.86. The molecule has 1 atom stereocenters. The first-order valence-electron chi connectivity index (χ1n) is 6.34. The number of amides is 1. The first-order chi connectivity index (χ1) is 7.65. The number of nitrogens with one attached hydrogen (secondary N) is 2. The van der Waals surface area contributed by atoms with Gasteiger partial charge in [0, 0.05) is 26.2 Å². The van der Waals surface area contributed by atoms with E-state index in [0.29, 0.717) is 6.04 Å². The van der Waals surface area contributed by atoms with Crippen LogP contribution in [0.1, 0.15) is 33.1 Å². The van der Waals surface area contributed by atoms with Crippen LogP contribution in [0.4, 0.5) is 0 Å². The molecule has 16 heavy (non-hydrogen) atoms. The highest BCUT2D eigenvalue weighted by Crippen LogP contribution is 2.16. The molecule has 1 aliphatic rings. The van der Waals surface area contributed by atoms with Crippen LogP contribution in [0, 0.1) is 0 Å². The number of hydrogen-bond acceptors (Lipinski definition) is 3. The van der Waals surface area contributed by atoms with Gasteiger partial charge >= 0.3 is 0 Å². The molecule has 1 rings (SSSR count). The molecule has 0 bridgehead atoms. The molecular weight excluding hydrogens is 202 g/mol. The van der Waals surface area contributed by atoms with E-state index in [9.17, 15) is 4.79 Å². The van der Waals surface area contributed by atoms with Gasteiger partial charge in [-0.3, -0.25) is 9.69 Å². The molecule has 1 unspecified atom stereocenters. The summed E-state index contributed by atoms with van der Waals surface area (Å²) in [6.45, 7) is 7.28. The monoisotopic (exact) mass is 227 g/mol. The molecule has 94 valence electrons. The van der Waals surface area contributed by atoms with E-state index in [-0.39, 0.29) is 11.9 Å². The van der Waals surface area contributed by atoms with Crippen molar-refractivity contribution in [2.24, 2.45) is 0 Å². The van der Waals surface area contributed by atoms with Crippen molar-refractivity contribution in [3.05, 3.63) is 0 Å². The summed E-state index contributed by atoms with van der Waals surface area (Å²) in [7, 11) is 1.72. The minimum atomic E-state index is 0.0905. The zero-order chi connectivity index (χ0) is 12.0. The Hall–Kier alpha value is -0.610. The summed E-state index contributed by atoms with van der Waals surface area (Å²) in [5.74, 6) is 0.171. The maximum Gasteiger partial charge on any atom is 0.237 e. The van der Waals surface area contributed by atoms with Gasteiger partial charge in [-0.2, -0.15) is 0 Å². The molecule has 0 aromatic heterocycles. The number of nitrogens with zero attached hydrogens (tertiary/aromatic N) is 1.